The van der Waals surface area contributed by atoms with Crippen LogP contribution in [0.25, 0.3) is 17.2 Å². The highest BCUT2D eigenvalue weighted by Gasteiger charge is 2.23. The van der Waals surface area contributed by atoms with Crippen molar-refractivity contribution in [3.63, 3.8) is 0 Å². The number of rotatable bonds is 8. The molecule has 9 heteroatoms. The van der Waals surface area contributed by atoms with Gasteiger partial charge in [-0.05, 0) is 71.8 Å². The van der Waals surface area contributed by atoms with Crippen LogP contribution in [0.4, 0.5) is 0 Å². The van der Waals surface area contributed by atoms with Gasteiger partial charge in [-0.2, -0.15) is 10.3 Å². The SMILES string of the molecule is CCCCc1nc(Cl)n(Cc2ccc(-n3c(-c4nn[nH]n4)ccc3C3CCCCC3)cc2)n1. The Kier molecular flexibility index (Phi) is 6.53. The minimum absolute atomic E-state index is 0.439. The Hall–Kier alpha value is -3.00. The quantitative estimate of drug-likeness (QED) is 0.380. The van der Waals surface area contributed by atoms with Crippen molar-refractivity contribution < 1.29 is 0 Å². The lowest BCUT2D eigenvalue weighted by Crippen LogP contribution is -2.11. The average molecular weight is 465 g/mol. The zero-order chi connectivity index (χ0) is 22.6. The third kappa shape index (κ3) is 4.71. The van der Waals surface area contributed by atoms with Gasteiger partial charge >= 0.3 is 0 Å². The van der Waals surface area contributed by atoms with E-state index in [2.05, 4.69) is 78.6 Å². The van der Waals surface area contributed by atoms with Crippen LogP contribution in [-0.4, -0.2) is 40.0 Å². The largest absolute Gasteiger partial charge is 0.310 e. The second-order valence-corrected chi connectivity index (χ2v) is 9.11. The molecule has 0 aliphatic heterocycles. The molecule has 172 valence electrons. The summed E-state index contributed by atoms with van der Waals surface area (Å²) >= 11 is 6.33. The van der Waals surface area contributed by atoms with Crippen LogP contribution in [-0.2, 0) is 13.0 Å². The highest BCUT2D eigenvalue weighted by Crippen LogP contribution is 2.36. The molecule has 1 aliphatic carbocycles. The first-order valence-corrected chi connectivity index (χ1v) is 12.2. The van der Waals surface area contributed by atoms with Crippen molar-refractivity contribution in [3.05, 3.63) is 58.8 Å². The normalized spacial score (nSPS) is 14.7. The standard InChI is InChI=1S/C24H29ClN8/c1-2-3-9-22-26-24(25)32(29-22)16-17-10-12-19(13-11-17)33-20(18-7-5-4-6-8-18)14-15-21(33)23-27-30-31-28-23/h10-15,18H,2-9,16H2,1H3,(H,27,28,30,31). The van der Waals surface area contributed by atoms with Crippen molar-refractivity contribution in [2.75, 3.05) is 0 Å². The molecule has 1 aromatic carbocycles. The number of aromatic amines is 1. The lowest BCUT2D eigenvalue weighted by molar-refractivity contribution is 0.433. The topological polar surface area (TPSA) is 90.1 Å². The van der Waals surface area contributed by atoms with Crippen molar-refractivity contribution >= 4 is 11.6 Å². The number of halogens is 1. The molecule has 33 heavy (non-hydrogen) atoms. The number of unbranched alkanes of at least 4 members (excludes halogenated alkanes) is 1. The number of H-pyrrole nitrogens is 1. The highest BCUT2D eigenvalue weighted by atomic mass is 35.5. The zero-order valence-electron chi connectivity index (χ0n) is 18.9. The lowest BCUT2D eigenvalue weighted by Gasteiger charge is -2.24. The molecule has 1 N–H and O–H groups in total. The second-order valence-electron chi connectivity index (χ2n) is 8.77. The van der Waals surface area contributed by atoms with Gasteiger partial charge in [-0.15, -0.1) is 10.2 Å². The molecule has 1 saturated carbocycles. The first-order chi connectivity index (χ1) is 16.2. The summed E-state index contributed by atoms with van der Waals surface area (Å²) < 4.78 is 4.06. The van der Waals surface area contributed by atoms with Crippen molar-refractivity contribution in [2.24, 2.45) is 0 Å². The number of nitrogens with one attached hydrogen (secondary N) is 1. The molecule has 3 aromatic heterocycles. The van der Waals surface area contributed by atoms with Gasteiger partial charge < -0.3 is 4.57 Å². The Labute approximate surface area is 198 Å². The zero-order valence-corrected chi connectivity index (χ0v) is 19.7. The fraction of sp³-hybridized carbons (Fsp3) is 0.458. The summed E-state index contributed by atoms with van der Waals surface area (Å²) in [5, 5.41) is 19.8. The van der Waals surface area contributed by atoms with Gasteiger partial charge in [0, 0.05) is 17.8 Å². The Morgan fingerprint density at radius 2 is 1.88 bits per heavy atom. The summed E-state index contributed by atoms with van der Waals surface area (Å²) in [7, 11) is 0. The van der Waals surface area contributed by atoms with E-state index in [-0.39, 0.29) is 0 Å². The monoisotopic (exact) mass is 464 g/mol. The molecule has 0 radical (unpaired) electrons. The van der Waals surface area contributed by atoms with Gasteiger partial charge in [-0.1, -0.05) is 44.7 Å². The molecule has 0 atom stereocenters. The predicted molar refractivity (Wildman–Crippen MR) is 128 cm³/mol. The maximum atomic E-state index is 6.33. The Morgan fingerprint density at radius 1 is 1.06 bits per heavy atom. The summed E-state index contributed by atoms with van der Waals surface area (Å²) in [5.41, 5.74) is 4.50. The lowest BCUT2D eigenvalue weighted by atomic mass is 9.87. The van der Waals surface area contributed by atoms with Gasteiger partial charge in [0.1, 0.15) is 0 Å². The van der Waals surface area contributed by atoms with Gasteiger partial charge in [0.2, 0.25) is 11.1 Å². The second kappa shape index (κ2) is 9.87. The third-order valence-electron chi connectivity index (χ3n) is 6.46. The fourth-order valence-electron chi connectivity index (χ4n) is 4.73. The van der Waals surface area contributed by atoms with Gasteiger partial charge in [-0.25, -0.2) is 9.67 Å². The summed E-state index contributed by atoms with van der Waals surface area (Å²) in [4.78, 5) is 4.40. The fourth-order valence-corrected chi connectivity index (χ4v) is 4.93. The Bertz CT molecular complexity index is 1170. The molecule has 1 fully saturated rings. The van der Waals surface area contributed by atoms with Crippen LogP contribution in [0, 0.1) is 0 Å². The summed E-state index contributed by atoms with van der Waals surface area (Å²) in [6.45, 7) is 2.76. The Morgan fingerprint density at radius 3 is 2.61 bits per heavy atom. The van der Waals surface area contributed by atoms with Gasteiger partial charge in [0.25, 0.3) is 0 Å². The van der Waals surface area contributed by atoms with Crippen LogP contribution < -0.4 is 0 Å². The van der Waals surface area contributed by atoms with E-state index in [1.165, 1.54) is 37.8 Å². The molecule has 4 aromatic rings. The minimum atomic E-state index is 0.439. The molecule has 0 bridgehead atoms. The summed E-state index contributed by atoms with van der Waals surface area (Å²) in [6, 6.07) is 12.9. The average Bonchev–Trinajstić information content (AvgIpc) is 3.59. The number of nitrogens with zero attached hydrogens (tertiary/aromatic N) is 7. The summed E-state index contributed by atoms with van der Waals surface area (Å²) in [5.74, 6) is 1.97. The van der Waals surface area contributed by atoms with Gasteiger partial charge in [-0.3, -0.25) is 0 Å². The van der Waals surface area contributed by atoms with E-state index in [0.717, 1.165) is 42.0 Å². The van der Waals surface area contributed by atoms with Crippen LogP contribution in [0.3, 0.4) is 0 Å². The highest BCUT2D eigenvalue weighted by molar-refractivity contribution is 6.28. The van der Waals surface area contributed by atoms with E-state index < -0.39 is 0 Å². The molecule has 8 nitrogen and oxygen atoms in total. The maximum Gasteiger partial charge on any atom is 0.221 e. The maximum absolute atomic E-state index is 6.33. The summed E-state index contributed by atoms with van der Waals surface area (Å²) in [6.07, 6.45) is 9.38. The van der Waals surface area contributed by atoms with Crippen LogP contribution in [0.1, 0.15) is 74.9 Å². The minimum Gasteiger partial charge on any atom is -0.310 e. The van der Waals surface area contributed by atoms with Gasteiger partial charge in [0.05, 0.1) is 12.2 Å². The van der Waals surface area contributed by atoms with E-state index in [1.807, 2.05) is 0 Å². The smallest absolute Gasteiger partial charge is 0.221 e. The van der Waals surface area contributed by atoms with Crippen LogP contribution in [0.5, 0.6) is 0 Å². The molecule has 0 unspecified atom stereocenters. The van der Waals surface area contributed by atoms with Crippen LogP contribution in [0.15, 0.2) is 36.4 Å². The van der Waals surface area contributed by atoms with E-state index in [0.29, 0.717) is 23.6 Å². The van der Waals surface area contributed by atoms with Crippen molar-refractivity contribution in [2.45, 2.75) is 70.8 Å². The molecule has 0 spiro atoms. The number of aryl methyl sites for hydroxylation is 1. The molecule has 0 saturated heterocycles. The van der Waals surface area contributed by atoms with Crippen molar-refractivity contribution in [1.29, 1.82) is 0 Å². The number of tetrazole rings is 1. The van der Waals surface area contributed by atoms with Gasteiger partial charge in [0.15, 0.2) is 5.82 Å². The van der Waals surface area contributed by atoms with Crippen LogP contribution in [0.2, 0.25) is 5.28 Å². The molecule has 5 rings (SSSR count). The molecule has 0 amide bonds. The number of benzene rings is 1. The number of hydrogen-bond acceptors (Lipinski definition) is 5. The van der Waals surface area contributed by atoms with E-state index in [9.17, 15) is 0 Å². The molecular weight excluding hydrogens is 436 g/mol. The van der Waals surface area contributed by atoms with Crippen molar-refractivity contribution in [3.8, 4) is 17.2 Å². The molecular formula is C24H29ClN8. The third-order valence-corrected chi connectivity index (χ3v) is 6.74. The van der Waals surface area contributed by atoms with Crippen molar-refractivity contribution in [1.82, 2.24) is 40.0 Å². The van der Waals surface area contributed by atoms with E-state index >= 15 is 0 Å². The van der Waals surface area contributed by atoms with E-state index in [1.54, 1.807) is 4.68 Å². The molecule has 1 aliphatic rings. The van der Waals surface area contributed by atoms with Crippen LogP contribution >= 0.6 is 11.6 Å². The number of aromatic nitrogens is 8. The predicted octanol–water partition coefficient (Wildman–Crippen LogP) is 5.34. The number of hydrogen-bond donors (Lipinski definition) is 1. The first kappa shape index (κ1) is 21.8. The Balaban J connectivity index is 1.43. The first-order valence-electron chi connectivity index (χ1n) is 11.9. The molecule has 3 heterocycles. The van der Waals surface area contributed by atoms with E-state index in [4.69, 9.17) is 11.6 Å².